The molecule has 2 heterocycles. The Kier molecular flexibility index (Phi) is 6.13. The van der Waals surface area contributed by atoms with E-state index in [1.807, 2.05) is 35.7 Å². The number of thioether (sulfide) groups is 1. The van der Waals surface area contributed by atoms with Gasteiger partial charge < -0.3 is 14.8 Å². The van der Waals surface area contributed by atoms with Crippen LogP contribution in [-0.4, -0.2) is 41.1 Å². The minimum atomic E-state index is -0.0905. The van der Waals surface area contributed by atoms with Crippen molar-refractivity contribution in [1.82, 2.24) is 20.5 Å². The van der Waals surface area contributed by atoms with Gasteiger partial charge in [0, 0.05) is 6.54 Å². The zero-order valence-electron chi connectivity index (χ0n) is 14.3. The third-order valence-corrected chi connectivity index (χ3v) is 5.21. The number of amides is 1. The molecule has 136 valence electrons. The van der Waals surface area contributed by atoms with Crippen molar-refractivity contribution < 1.29 is 14.3 Å². The molecule has 0 atom stereocenters. The number of hydrogen-bond acceptors (Lipinski definition) is 7. The summed E-state index contributed by atoms with van der Waals surface area (Å²) in [6.07, 6.45) is 0. The van der Waals surface area contributed by atoms with Gasteiger partial charge in [-0.2, -0.15) is 0 Å². The third kappa shape index (κ3) is 4.55. The van der Waals surface area contributed by atoms with E-state index in [0.29, 0.717) is 29.0 Å². The smallest absolute Gasteiger partial charge is 0.230 e. The van der Waals surface area contributed by atoms with Crippen LogP contribution in [0.1, 0.15) is 5.56 Å². The van der Waals surface area contributed by atoms with E-state index in [4.69, 9.17) is 9.47 Å². The van der Waals surface area contributed by atoms with Gasteiger partial charge in [-0.15, -0.1) is 16.4 Å². The first-order valence-electron chi connectivity index (χ1n) is 7.76. The largest absolute Gasteiger partial charge is 0.493 e. The molecule has 1 amide bonds. The average molecular weight is 390 g/mol. The molecule has 2 aromatic heterocycles. The Morgan fingerprint density at radius 3 is 2.85 bits per heavy atom. The molecule has 1 aromatic carbocycles. The number of methoxy groups -OCH3 is 2. The van der Waals surface area contributed by atoms with Crippen molar-refractivity contribution in [2.75, 3.05) is 20.0 Å². The zero-order valence-corrected chi connectivity index (χ0v) is 15.9. The molecule has 0 saturated heterocycles. The van der Waals surface area contributed by atoms with Crippen molar-refractivity contribution in [2.45, 2.75) is 11.7 Å². The van der Waals surface area contributed by atoms with Crippen LogP contribution in [0, 0.1) is 0 Å². The molecule has 0 aliphatic carbocycles. The Balaban J connectivity index is 1.49. The van der Waals surface area contributed by atoms with Gasteiger partial charge in [-0.3, -0.25) is 9.89 Å². The van der Waals surface area contributed by atoms with Crippen LogP contribution in [0.25, 0.3) is 10.7 Å². The first-order chi connectivity index (χ1) is 12.7. The maximum absolute atomic E-state index is 12.1. The maximum atomic E-state index is 12.1. The third-order valence-electron chi connectivity index (χ3n) is 3.49. The second-order valence-electron chi connectivity index (χ2n) is 5.20. The lowest BCUT2D eigenvalue weighted by atomic mass is 10.2. The number of carbonyl (C=O) groups is 1. The van der Waals surface area contributed by atoms with Crippen molar-refractivity contribution in [1.29, 1.82) is 0 Å². The SMILES string of the molecule is COc1ccc(CNC(=O)CSc2n[nH]c(-c3cccs3)n2)cc1OC. The number of nitrogens with one attached hydrogen (secondary N) is 2. The lowest BCUT2D eigenvalue weighted by Gasteiger charge is -2.10. The summed E-state index contributed by atoms with van der Waals surface area (Å²) in [5.41, 5.74) is 0.930. The highest BCUT2D eigenvalue weighted by molar-refractivity contribution is 7.99. The predicted octanol–water partition coefficient (Wildman–Crippen LogP) is 2.96. The fourth-order valence-corrected chi connectivity index (χ4v) is 3.50. The van der Waals surface area contributed by atoms with E-state index >= 15 is 0 Å². The molecule has 0 fully saturated rings. The minimum Gasteiger partial charge on any atom is -0.493 e. The van der Waals surface area contributed by atoms with Crippen molar-refractivity contribution in [3.05, 3.63) is 41.3 Å². The lowest BCUT2D eigenvalue weighted by Crippen LogP contribution is -2.24. The Labute approximate surface area is 159 Å². The molecule has 0 radical (unpaired) electrons. The normalized spacial score (nSPS) is 10.5. The number of hydrogen-bond donors (Lipinski definition) is 2. The molecule has 2 N–H and O–H groups in total. The molecule has 9 heteroatoms. The highest BCUT2D eigenvalue weighted by Crippen LogP contribution is 2.27. The van der Waals surface area contributed by atoms with E-state index in [1.165, 1.54) is 11.8 Å². The quantitative estimate of drug-likeness (QED) is 0.575. The number of nitrogens with zero attached hydrogens (tertiary/aromatic N) is 2. The van der Waals surface area contributed by atoms with Crippen LogP contribution in [0.15, 0.2) is 40.9 Å². The summed E-state index contributed by atoms with van der Waals surface area (Å²) in [7, 11) is 3.17. The molecule has 0 aliphatic rings. The van der Waals surface area contributed by atoms with Gasteiger partial charge in [0.25, 0.3) is 0 Å². The van der Waals surface area contributed by atoms with E-state index in [9.17, 15) is 4.79 Å². The number of carbonyl (C=O) groups excluding carboxylic acids is 1. The van der Waals surface area contributed by atoms with Gasteiger partial charge in [-0.25, -0.2) is 4.98 Å². The van der Waals surface area contributed by atoms with E-state index in [0.717, 1.165) is 10.4 Å². The summed E-state index contributed by atoms with van der Waals surface area (Å²) in [4.78, 5) is 17.4. The van der Waals surface area contributed by atoms with Crippen LogP contribution in [0.2, 0.25) is 0 Å². The van der Waals surface area contributed by atoms with Crippen LogP contribution in [0.5, 0.6) is 11.5 Å². The van der Waals surface area contributed by atoms with Gasteiger partial charge in [0.15, 0.2) is 17.3 Å². The Morgan fingerprint density at radius 1 is 1.27 bits per heavy atom. The highest BCUT2D eigenvalue weighted by atomic mass is 32.2. The number of H-pyrrole nitrogens is 1. The minimum absolute atomic E-state index is 0.0905. The standard InChI is InChI=1S/C17H18N4O3S2/c1-23-12-6-5-11(8-13(12)24-2)9-18-15(22)10-26-17-19-16(20-21-17)14-4-3-7-25-14/h3-8H,9-10H2,1-2H3,(H,18,22)(H,19,20,21). The van der Waals surface area contributed by atoms with Crippen LogP contribution < -0.4 is 14.8 Å². The summed E-state index contributed by atoms with van der Waals surface area (Å²) in [5.74, 6) is 2.16. The lowest BCUT2D eigenvalue weighted by molar-refractivity contribution is -0.118. The fraction of sp³-hybridized carbons (Fsp3) is 0.235. The molecule has 3 rings (SSSR count). The van der Waals surface area contributed by atoms with Crippen LogP contribution in [0.4, 0.5) is 0 Å². The van der Waals surface area contributed by atoms with Gasteiger partial charge in [0.2, 0.25) is 11.1 Å². The van der Waals surface area contributed by atoms with Gasteiger partial charge in [0.1, 0.15) is 0 Å². The number of thiophene rings is 1. The first-order valence-corrected chi connectivity index (χ1v) is 9.63. The van der Waals surface area contributed by atoms with Crippen LogP contribution in [0.3, 0.4) is 0 Å². The maximum Gasteiger partial charge on any atom is 0.230 e. The number of benzene rings is 1. The molecule has 7 nitrogen and oxygen atoms in total. The molecule has 0 aliphatic heterocycles. The van der Waals surface area contributed by atoms with Crippen molar-refractivity contribution in [2.24, 2.45) is 0 Å². The average Bonchev–Trinajstić information content (AvgIpc) is 3.35. The van der Waals surface area contributed by atoms with Gasteiger partial charge in [0.05, 0.1) is 24.8 Å². The molecule has 0 bridgehead atoms. The van der Waals surface area contributed by atoms with Crippen LogP contribution in [-0.2, 0) is 11.3 Å². The van der Waals surface area contributed by atoms with Crippen molar-refractivity contribution in [3.63, 3.8) is 0 Å². The zero-order chi connectivity index (χ0) is 18.4. The van der Waals surface area contributed by atoms with Crippen LogP contribution >= 0.6 is 23.1 Å². The van der Waals surface area contributed by atoms with Gasteiger partial charge >= 0.3 is 0 Å². The number of rotatable bonds is 8. The molecule has 26 heavy (non-hydrogen) atoms. The molecule has 0 spiro atoms. The molecule has 0 saturated carbocycles. The summed E-state index contributed by atoms with van der Waals surface area (Å²) in [6.45, 7) is 0.411. The number of ether oxygens (including phenoxy) is 2. The summed E-state index contributed by atoms with van der Waals surface area (Å²) < 4.78 is 10.5. The molecular formula is C17H18N4O3S2. The van der Waals surface area contributed by atoms with E-state index in [2.05, 4.69) is 20.5 Å². The number of aromatic nitrogens is 3. The Morgan fingerprint density at radius 2 is 2.12 bits per heavy atom. The summed E-state index contributed by atoms with van der Waals surface area (Å²) in [5, 5.41) is 12.4. The van der Waals surface area contributed by atoms with Crippen molar-refractivity contribution >= 4 is 29.0 Å². The second-order valence-corrected chi connectivity index (χ2v) is 7.09. The molecule has 3 aromatic rings. The van der Waals surface area contributed by atoms with Crippen molar-refractivity contribution in [3.8, 4) is 22.2 Å². The first kappa shape index (κ1) is 18.3. The van der Waals surface area contributed by atoms with Gasteiger partial charge in [-0.05, 0) is 29.1 Å². The Hall–Kier alpha value is -2.52. The number of aromatic amines is 1. The summed E-state index contributed by atoms with van der Waals surface area (Å²) >= 11 is 2.87. The monoisotopic (exact) mass is 390 g/mol. The van der Waals surface area contributed by atoms with E-state index in [-0.39, 0.29) is 11.7 Å². The molecular weight excluding hydrogens is 372 g/mol. The van der Waals surface area contributed by atoms with Gasteiger partial charge in [-0.1, -0.05) is 23.9 Å². The Bertz CT molecular complexity index is 865. The molecule has 0 unspecified atom stereocenters. The fourth-order valence-electron chi connectivity index (χ4n) is 2.21. The second kappa shape index (κ2) is 8.72. The summed E-state index contributed by atoms with van der Waals surface area (Å²) in [6, 6.07) is 9.47. The van der Waals surface area contributed by atoms with E-state index in [1.54, 1.807) is 25.6 Å². The predicted molar refractivity (Wildman–Crippen MR) is 102 cm³/mol. The highest BCUT2D eigenvalue weighted by Gasteiger charge is 2.10. The van der Waals surface area contributed by atoms with E-state index < -0.39 is 0 Å². The topological polar surface area (TPSA) is 89.1 Å².